The lowest BCUT2D eigenvalue weighted by Crippen LogP contribution is -2.40. The Kier molecular flexibility index (Phi) is 5.57. The number of likely N-dealkylation sites (tertiary alicyclic amines) is 1. The van der Waals surface area contributed by atoms with Gasteiger partial charge in [0.15, 0.2) is 10.9 Å². The van der Waals surface area contributed by atoms with E-state index in [2.05, 4.69) is 15.2 Å². The molecule has 2 saturated heterocycles. The Balaban J connectivity index is 1.29. The fraction of sp³-hybridized carbons (Fsp3) is 0.450. The third-order valence-electron chi connectivity index (χ3n) is 5.41. The van der Waals surface area contributed by atoms with Gasteiger partial charge in [-0.25, -0.2) is 0 Å². The lowest BCUT2D eigenvalue weighted by molar-refractivity contribution is -0.133. The summed E-state index contributed by atoms with van der Waals surface area (Å²) in [4.78, 5) is 33.4. The van der Waals surface area contributed by atoms with E-state index in [4.69, 9.17) is 4.42 Å². The fourth-order valence-corrected chi connectivity index (χ4v) is 4.27. The van der Waals surface area contributed by atoms with Crippen LogP contribution in [0.4, 0.5) is 5.69 Å². The molecule has 7 nitrogen and oxygen atoms in total. The maximum atomic E-state index is 12.9. The second kappa shape index (κ2) is 8.26. The molecule has 0 spiro atoms. The van der Waals surface area contributed by atoms with Crippen molar-refractivity contribution in [3.63, 3.8) is 0 Å². The Hall–Kier alpha value is -2.48. The monoisotopic (exact) mass is 400 g/mol. The number of thioether (sulfide) groups is 1. The second-order valence-corrected chi connectivity index (χ2v) is 8.01. The molecule has 4 rings (SSSR count). The summed E-state index contributed by atoms with van der Waals surface area (Å²) in [6.45, 7) is 2.86. The van der Waals surface area contributed by atoms with Crippen molar-refractivity contribution in [1.29, 1.82) is 0 Å². The molecule has 0 aliphatic carbocycles. The normalized spacial score (nSPS) is 21.9. The minimum atomic E-state index is -0.218. The molecule has 2 atom stereocenters. The first-order valence-corrected chi connectivity index (χ1v) is 10.7. The lowest BCUT2D eigenvalue weighted by atomic mass is 10.1. The van der Waals surface area contributed by atoms with Crippen LogP contribution in [0.5, 0.6) is 0 Å². The molecule has 2 aromatic heterocycles. The summed E-state index contributed by atoms with van der Waals surface area (Å²) in [5, 5.41) is 3.71. The Morgan fingerprint density at radius 2 is 1.96 bits per heavy atom. The first-order chi connectivity index (χ1) is 13.6. The number of rotatable bonds is 5. The zero-order valence-corrected chi connectivity index (χ0v) is 16.7. The van der Waals surface area contributed by atoms with Gasteiger partial charge in [-0.05, 0) is 43.4 Å². The molecule has 28 heavy (non-hydrogen) atoms. The van der Waals surface area contributed by atoms with E-state index in [1.54, 1.807) is 24.5 Å². The summed E-state index contributed by atoms with van der Waals surface area (Å²) >= 11 is 1.46. The van der Waals surface area contributed by atoms with E-state index in [0.29, 0.717) is 23.9 Å². The first kappa shape index (κ1) is 18.9. The Bertz CT molecular complexity index is 841. The molecule has 2 fully saturated rings. The molecule has 1 N–H and O–H groups in total. The molecular weight excluding hydrogens is 376 g/mol. The highest BCUT2D eigenvalue weighted by molar-refractivity contribution is 7.98. The molecule has 148 valence electrons. The van der Waals surface area contributed by atoms with Crippen LogP contribution in [0.15, 0.2) is 46.2 Å². The molecule has 2 aliphatic rings. The van der Waals surface area contributed by atoms with Crippen molar-refractivity contribution in [2.75, 3.05) is 37.3 Å². The summed E-state index contributed by atoms with van der Waals surface area (Å²) < 4.78 is 5.47. The van der Waals surface area contributed by atoms with Crippen molar-refractivity contribution in [1.82, 2.24) is 15.2 Å². The average Bonchev–Trinajstić information content (AvgIpc) is 3.48. The van der Waals surface area contributed by atoms with Crippen LogP contribution in [-0.4, -0.2) is 60.2 Å². The smallest absolute Gasteiger partial charge is 0.287 e. The highest BCUT2D eigenvalue weighted by Crippen LogP contribution is 2.26. The van der Waals surface area contributed by atoms with Crippen LogP contribution in [0.25, 0.3) is 0 Å². The van der Waals surface area contributed by atoms with Gasteiger partial charge in [-0.1, -0.05) is 11.8 Å². The van der Waals surface area contributed by atoms with Crippen molar-refractivity contribution in [3.05, 3.63) is 42.4 Å². The van der Waals surface area contributed by atoms with E-state index in [9.17, 15) is 9.59 Å². The number of aromatic nitrogens is 1. The zero-order valence-electron chi connectivity index (χ0n) is 15.8. The Labute approximate surface area is 168 Å². The second-order valence-electron chi connectivity index (χ2n) is 7.20. The minimum Gasteiger partial charge on any atom is -0.445 e. The number of hydrogen-bond donors (Lipinski definition) is 1. The molecular formula is C20H24N4O3S. The van der Waals surface area contributed by atoms with Gasteiger partial charge >= 0.3 is 0 Å². The van der Waals surface area contributed by atoms with E-state index in [0.717, 1.165) is 31.6 Å². The number of hydrogen-bond acceptors (Lipinski definition) is 6. The van der Waals surface area contributed by atoms with Crippen LogP contribution in [0, 0.1) is 5.92 Å². The topological polar surface area (TPSA) is 78.7 Å². The maximum absolute atomic E-state index is 12.9. The lowest BCUT2D eigenvalue weighted by Gasteiger charge is -2.22. The van der Waals surface area contributed by atoms with Crippen LogP contribution < -0.4 is 10.2 Å². The van der Waals surface area contributed by atoms with Crippen LogP contribution >= 0.6 is 11.8 Å². The molecule has 0 saturated carbocycles. The molecule has 2 unspecified atom stereocenters. The van der Waals surface area contributed by atoms with Gasteiger partial charge in [0, 0.05) is 50.3 Å². The maximum Gasteiger partial charge on any atom is 0.287 e. The molecule has 2 aromatic rings. The van der Waals surface area contributed by atoms with Gasteiger partial charge < -0.3 is 19.5 Å². The number of furan rings is 1. The van der Waals surface area contributed by atoms with Crippen molar-refractivity contribution in [2.24, 2.45) is 5.92 Å². The van der Waals surface area contributed by atoms with Gasteiger partial charge in [0.1, 0.15) is 0 Å². The predicted octanol–water partition coefficient (Wildman–Crippen LogP) is 2.25. The van der Waals surface area contributed by atoms with Crippen molar-refractivity contribution < 1.29 is 14.0 Å². The fourth-order valence-electron chi connectivity index (χ4n) is 3.90. The van der Waals surface area contributed by atoms with Crippen molar-refractivity contribution in [2.45, 2.75) is 24.0 Å². The van der Waals surface area contributed by atoms with Gasteiger partial charge in [-0.15, -0.1) is 0 Å². The van der Waals surface area contributed by atoms with E-state index < -0.39 is 0 Å². The van der Waals surface area contributed by atoms with E-state index in [-0.39, 0.29) is 23.8 Å². The van der Waals surface area contributed by atoms with Crippen LogP contribution in [0.1, 0.15) is 23.4 Å². The van der Waals surface area contributed by atoms with E-state index >= 15 is 0 Å². The van der Waals surface area contributed by atoms with Crippen molar-refractivity contribution in [3.8, 4) is 0 Å². The first-order valence-electron chi connectivity index (χ1n) is 9.52. The standard InChI is InChI=1S/C20H24N4O3S/c1-28-18-3-2-17(27-18)19(25)22-15-7-11-24(13-15)20(26)14-6-10-23(12-14)16-4-8-21-9-5-16/h2-5,8-9,14-15H,6-7,10-13H2,1H3,(H,22,25). The van der Waals surface area contributed by atoms with E-state index in [1.165, 1.54) is 11.8 Å². The number of nitrogens with zero attached hydrogens (tertiary/aromatic N) is 3. The summed E-state index contributed by atoms with van der Waals surface area (Å²) in [5.74, 6) is 0.301. The molecule has 4 heterocycles. The number of nitrogens with one attached hydrogen (secondary N) is 1. The molecule has 0 aromatic carbocycles. The number of anilines is 1. The largest absolute Gasteiger partial charge is 0.445 e. The van der Waals surface area contributed by atoms with Crippen LogP contribution in [0.3, 0.4) is 0 Å². The van der Waals surface area contributed by atoms with Gasteiger partial charge in [0.25, 0.3) is 5.91 Å². The number of carbonyl (C=O) groups excluding carboxylic acids is 2. The van der Waals surface area contributed by atoms with Crippen LogP contribution in [-0.2, 0) is 4.79 Å². The molecule has 0 radical (unpaired) electrons. The predicted molar refractivity (Wildman–Crippen MR) is 107 cm³/mol. The number of carbonyl (C=O) groups is 2. The van der Waals surface area contributed by atoms with Crippen LogP contribution in [0.2, 0.25) is 0 Å². The summed E-state index contributed by atoms with van der Waals surface area (Å²) in [6, 6.07) is 7.40. The molecule has 0 bridgehead atoms. The summed E-state index contributed by atoms with van der Waals surface area (Å²) in [5.41, 5.74) is 1.11. The third kappa shape index (κ3) is 4.01. The summed E-state index contributed by atoms with van der Waals surface area (Å²) in [7, 11) is 0. The van der Waals surface area contributed by atoms with Gasteiger partial charge in [0.05, 0.1) is 5.92 Å². The third-order valence-corrected chi connectivity index (χ3v) is 6.03. The molecule has 2 aliphatic heterocycles. The SMILES string of the molecule is CSc1ccc(C(=O)NC2CCN(C(=O)C3CCN(c4ccncc4)C3)C2)o1. The molecule has 8 heteroatoms. The van der Waals surface area contributed by atoms with Crippen molar-refractivity contribution >= 4 is 29.3 Å². The zero-order chi connectivity index (χ0) is 19.5. The van der Waals surface area contributed by atoms with Gasteiger partial charge in [0.2, 0.25) is 5.91 Å². The van der Waals surface area contributed by atoms with Gasteiger partial charge in [-0.3, -0.25) is 14.6 Å². The molecule has 2 amide bonds. The summed E-state index contributed by atoms with van der Waals surface area (Å²) in [6.07, 6.45) is 7.09. The average molecular weight is 401 g/mol. The van der Waals surface area contributed by atoms with Gasteiger partial charge in [-0.2, -0.15) is 0 Å². The Morgan fingerprint density at radius 1 is 1.14 bits per heavy atom. The highest BCUT2D eigenvalue weighted by Gasteiger charge is 2.35. The van der Waals surface area contributed by atoms with E-state index in [1.807, 2.05) is 23.3 Å². The number of amides is 2. The highest BCUT2D eigenvalue weighted by atomic mass is 32.2. The Morgan fingerprint density at radius 3 is 2.71 bits per heavy atom. The number of pyridine rings is 1. The minimum absolute atomic E-state index is 0.0110. The quantitative estimate of drug-likeness (QED) is 0.776.